The molecule has 1 aromatic rings. The van der Waals surface area contributed by atoms with Crippen molar-refractivity contribution in [1.82, 2.24) is 4.90 Å². The van der Waals surface area contributed by atoms with E-state index in [1.54, 1.807) is 0 Å². The molecule has 0 aliphatic carbocycles. The molecule has 1 aromatic carbocycles. The Morgan fingerprint density at radius 1 is 1.32 bits per heavy atom. The summed E-state index contributed by atoms with van der Waals surface area (Å²) in [5, 5.41) is 0. The third kappa shape index (κ3) is 3.80. The summed E-state index contributed by atoms with van der Waals surface area (Å²) in [6, 6.07) is 9.60. The van der Waals surface area contributed by atoms with Crippen molar-refractivity contribution in [1.29, 1.82) is 0 Å². The van der Waals surface area contributed by atoms with Crippen molar-refractivity contribution in [3.05, 3.63) is 35.9 Å². The Labute approximate surface area is 115 Å². The zero-order valence-corrected chi connectivity index (χ0v) is 11.7. The number of likely N-dealkylation sites (tertiary alicyclic amines) is 1. The molecule has 1 aliphatic heterocycles. The van der Waals surface area contributed by atoms with Crippen molar-refractivity contribution >= 4 is 5.91 Å². The normalized spacial score (nSPS) is 18.3. The van der Waals surface area contributed by atoms with Crippen LogP contribution in [0.3, 0.4) is 0 Å². The van der Waals surface area contributed by atoms with Crippen molar-refractivity contribution in [3.63, 3.8) is 0 Å². The maximum Gasteiger partial charge on any atom is 0.239 e. The number of carbonyl (C=O) groups is 1. The maximum absolute atomic E-state index is 12.3. The van der Waals surface area contributed by atoms with Gasteiger partial charge in [-0.25, -0.2) is 0 Å². The van der Waals surface area contributed by atoms with Gasteiger partial charge in [0.15, 0.2) is 0 Å². The Morgan fingerprint density at radius 2 is 1.95 bits per heavy atom. The second-order valence-electron chi connectivity index (χ2n) is 5.47. The second-order valence-corrected chi connectivity index (χ2v) is 5.47. The molecule has 1 unspecified atom stereocenters. The van der Waals surface area contributed by atoms with Gasteiger partial charge in [-0.15, -0.1) is 0 Å². The van der Waals surface area contributed by atoms with E-state index in [1.165, 1.54) is 6.42 Å². The van der Waals surface area contributed by atoms with Gasteiger partial charge in [-0.3, -0.25) is 4.79 Å². The quantitative estimate of drug-likeness (QED) is 0.902. The number of rotatable bonds is 4. The van der Waals surface area contributed by atoms with E-state index in [-0.39, 0.29) is 5.91 Å². The van der Waals surface area contributed by atoms with Gasteiger partial charge >= 0.3 is 0 Å². The number of benzene rings is 1. The summed E-state index contributed by atoms with van der Waals surface area (Å²) in [5.41, 5.74) is 7.19. The van der Waals surface area contributed by atoms with Crippen LogP contribution in [0.2, 0.25) is 0 Å². The minimum Gasteiger partial charge on any atom is -0.341 e. The van der Waals surface area contributed by atoms with Crippen LogP contribution in [0.4, 0.5) is 0 Å². The van der Waals surface area contributed by atoms with Crippen molar-refractivity contribution in [3.8, 4) is 0 Å². The molecule has 0 spiro atoms. The second kappa shape index (κ2) is 6.71. The van der Waals surface area contributed by atoms with Crippen LogP contribution in [0.5, 0.6) is 0 Å². The minimum absolute atomic E-state index is 0.110. The van der Waals surface area contributed by atoms with Crippen molar-refractivity contribution in [2.75, 3.05) is 13.1 Å². The number of carbonyl (C=O) groups excluding carboxylic acids is 1. The molecule has 2 rings (SSSR count). The van der Waals surface area contributed by atoms with Crippen LogP contribution in [0.15, 0.2) is 30.3 Å². The van der Waals surface area contributed by atoms with Gasteiger partial charge in [0.25, 0.3) is 0 Å². The average molecular weight is 260 g/mol. The number of nitrogens with two attached hydrogens (primary N) is 1. The van der Waals surface area contributed by atoms with Gasteiger partial charge in [-0.1, -0.05) is 43.7 Å². The lowest BCUT2D eigenvalue weighted by Gasteiger charge is -2.33. The van der Waals surface area contributed by atoms with Crippen LogP contribution >= 0.6 is 0 Å². The molecule has 1 amide bonds. The van der Waals surface area contributed by atoms with Gasteiger partial charge in [0.2, 0.25) is 5.91 Å². The largest absolute Gasteiger partial charge is 0.341 e. The van der Waals surface area contributed by atoms with Crippen molar-refractivity contribution < 1.29 is 4.79 Å². The zero-order chi connectivity index (χ0) is 13.7. The Balaban J connectivity index is 1.86. The number of nitrogens with zero attached hydrogens (tertiary/aromatic N) is 1. The smallest absolute Gasteiger partial charge is 0.239 e. The lowest BCUT2D eigenvalue weighted by atomic mass is 9.94. The predicted molar refractivity (Wildman–Crippen MR) is 77.7 cm³/mol. The highest BCUT2D eigenvalue weighted by Crippen LogP contribution is 2.20. The van der Waals surface area contributed by atoms with Crippen LogP contribution < -0.4 is 5.73 Å². The summed E-state index contributed by atoms with van der Waals surface area (Å²) < 4.78 is 0. The van der Waals surface area contributed by atoms with Crippen LogP contribution in [0.25, 0.3) is 0 Å². The molecule has 3 nitrogen and oxygen atoms in total. The highest BCUT2D eigenvalue weighted by atomic mass is 16.2. The maximum atomic E-state index is 12.3. The monoisotopic (exact) mass is 260 g/mol. The zero-order valence-electron chi connectivity index (χ0n) is 11.7. The van der Waals surface area contributed by atoms with E-state index in [4.69, 9.17) is 5.73 Å². The van der Waals surface area contributed by atoms with Gasteiger partial charge in [0, 0.05) is 13.1 Å². The predicted octanol–water partition coefficient (Wildman–Crippen LogP) is 2.21. The fraction of sp³-hybridized carbons (Fsp3) is 0.562. The molecule has 1 aliphatic rings. The van der Waals surface area contributed by atoms with Crippen LogP contribution in [0.1, 0.15) is 31.7 Å². The van der Waals surface area contributed by atoms with E-state index < -0.39 is 6.04 Å². The van der Waals surface area contributed by atoms with Crippen LogP contribution in [-0.4, -0.2) is 29.9 Å². The summed E-state index contributed by atoms with van der Waals surface area (Å²) in [4.78, 5) is 14.2. The fourth-order valence-corrected chi connectivity index (χ4v) is 2.75. The van der Waals surface area contributed by atoms with Crippen LogP contribution in [-0.2, 0) is 11.2 Å². The van der Waals surface area contributed by atoms with Gasteiger partial charge < -0.3 is 10.6 Å². The molecule has 0 aromatic heterocycles. The van der Waals surface area contributed by atoms with E-state index in [1.807, 2.05) is 35.2 Å². The molecule has 0 radical (unpaired) electrons. The fourth-order valence-electron chi connectivity index (χ4n) is 2.75. The van der Waals surface area contributed by atoms with Gasteiger partial charge in [-0.05, 0) is 30.7 Å². The summed E-state index contributed by atoms with van der Waals surface area (Å²) in [5.74, 6) is 0.896. The molecule has 1 saturated heterocycles. The molecule has 1 heterocycles. The lowest BCUT2D eigenvalue weighted by Crippen LogP contribution is -2.48. The Morgan fingerprint density at radius 3 is 2.53 bits per heavy atom. The first-order valence-electron chi connectivity index (χ1n) is 7.29. The average Bonchev–Trinajstić information content (AvgIpc) is 2.47. The van der Waals surface area contributed by atoms with E-state index in [0.29, 0.717) is 6.42 Å². The first kappa shape index (κ1) is 14.1. The number of amides is 1. The summed E-state index contributed by atoms with van der Waals surface area (Å²) in [6.45, 7) is 3.98. The summed E-state index contributed by atoms with van der Waals surface area (Å²) in [7, 11) is 0. The molecular formula is C16H24N2O. The molecule has 1 fully saturated rings. The topological polar surface area (TPSA) is 46.3 Å². The molecule has 3 heteroatoms. The summed E-state index contributed by atoms with van der Waals surface area (Å²) >= 11 is 0. The Kier molecular flexibility index (Phi) is 4.97. The molecule has 0 saturated carbocycles. The number of hydrogen-bond acceptors (Lipinski definition) is 2. The Bertz CT molecular complexity index is 396. The van der Waals surface area contributed by atoms with Crippen LogP contribution in [0, 0.1) is 5.92 Å². The third-order valence-corrected chi connectivity index (χ3v) is 4.12. The first-order chi connectivity index (χ1) is 9.20. The third-order valence-electron chi connectivity index (χ3n) is 4.12. The van der Waals surface area contributed by atoms with Crippen molar-refractivity contribution in [2.24, 2.45) is 11.7 Å². The summed E-state index contributed by atoms with van der Waals surface area (Å²) in [6.07, 6.45) is 4.10. The SMILES string of the molecule is CCC1CCN(C(=O)C(N)Cc2ccccc2)CC1. The number of hydrogen-bond donors (Lipinski definition) is 1. The van der Waals surface area contributed by atoms with E-state index in [9.17, 15) is 4.79 Å². The molecule has 2 N–H and O–H groups in total. The molecule has 0 bridgehead atoms. The standard InChI is InChI=1S/C16H24N2O/c1-2-13-8-10-18(11-9-13)16(19)15(17)12-14-6-4-3-5-7-14/h3-7,13,15H,2,8-12,17H2,1H3. The van der Waals surface area contributed by atoms with E-state index in [0.717, 1.165) is 37.4 Å². The number of piperidine rings is 1. The van der Waals surface area contributed by atoms with Gasteiger partial charge in [0.1, 0.15) is 0 Å². The van der Waals surface area contributed by atoms with Gasteiger partial charge in [0.05, 0.1) is 6.04 Å². The first-order valence-corrected chi connectivity index (χ1v) is 7.29. The highest BCUT2D eigenvalue weighted by Gasteiger charge is 2.25. The van der Waals surface area contributed by atoms with Crippen molar-refractivity contribution in [2.45, 2.75) is 38.6 Å². The highest BCUT2D eigenvalue weighted by molar-refractivity contribution is 5.82. The molecule has 1 atom stereocenters. The molecule has 19 heavy (non-hydrogen) atoms. The Hall–Kier alpha value is -1.35. The molecular weight excluding hydrogens is 236 g/mol. The van der Waals surface area contributed by atoms with E-state index in [2.05, 4.69) is 6.92 Å². The van der Waals surface area contributed by atoms with E-state index >= 15 is 0 Å². The molecule has 104 valence electrons. The lowest BCUT2D eigenvalue weighted by molar-refractivity contribution is -0.134. The minimum atomic E-state index is -0.402. The van der Waals surface area contributed by atoms with Gasteiger partial charge in [-0.2, -0.15) is 0 Å².